The van der Waals surface area contributed by atoms with Crippen LogP contribution in [-0.4, -0.2) is 25.1 Å². The summed E-state index contributed by atoms with van der Waals surface area (Å²) in [5.41, 5.74) is 1.51. The molecule has 3 heterocycles. The molecule has 3 rings (SSSR count). The normalized spacial score (nSPS) is 10.9. The zero-order valence-corrected chi connectivity index (χ0v) is 12.7. The van der Waals surface area contributed by atoms with Crippen LogP contribution in [0.5, 0.6) is 0 Å². The summed E-state index contributed by atoms with van der Waals surface area (Å²) < 4.78 is 2.71. The average Bonchev–Trinajstić information content (AvgIpc) is 2.88. The van der Waals surface area contributed by atoms with Crippen molar-refractivity contribution in [1.29, 1.82) is 0 Å². The van der Waals surface area contributed by atoms with Crippen LogP contribution in [-0.2, 0) is 13.6 Å². The minimum Gasteiger partial charge on any atom is -0.346 e. The summed E-state index contributed by atoms with van der Waals surface area (Å²) in [7, 11) is 1.61. The molecule has 0 bridgehead atoms. The summed E-state index contributed by atoms with van der Waals surface area (Å²) in [6, 6.07) is 5.91. The highest BCUT2D eigenvalue weighted by Gasteiger charge is 2.09. The highest BCUT2D eigenvalue weighted by atomic mass is 16.2. The lowest BCUT2D eigenvalue weighted by Crippen LogP contribution is -2.27. The number of carbonyl (C=O) groups excluding carboxylic acids is 1. The summed E-state index contributed by atoms with van der Waals surface area (Å²) >= 11 is 0. The number of nitrogens with one attached hydrogen (secondary N) is 2. The summed E-state index contributed by atoms with van der Waals surface area (Å²) in [5, 5.41) is 5.53. The van der Waals surface area contributed by atoms with E-state index in [0.29, 0.717) is 11.3 Å². The third-order valence-electron chi connectivity index (χ3n) is 3.43. The van der Waals surface area contributed by atoms with Gasteiger partial charge in [-0.3, -0.25) is 19.5 Å². The van der Waals surface area contributed by atoms with Crippen LogP contribution >= 0.6 is 0 Å². The molecule has 0 aliphatic rings. The molecule has 0 atom stereocenters. The van der Waals surface area contributed by atoms with Gasteiger partial charge in [0, 0.05) is 42.7 Å². The van der Waals surface area contributed by atoms with Crippen molar-refractivity contribution in [1.82, 2.24) is 24.5 Å². The van der Waals surface area contributed by atoms with Crippen molar-refractivity contribution in [2.24, 2.45) is 7.05 Å². The van der Waals surface area contributed by atoms with E-state index in [1.165, 1.54) is 27.4 Å². The summed E-state index contributed by atoms with van der Waals surface area (Å²) in [6.45, 7) is 1.93. The van der Waals surface area contributed by atoms with Gasteiger partial charge in [0.05, 0.1) is 12.2 Å². The molecule has 1 amide bonds. The van der Waals surface area contributed by atoms with E-state index >= 15 is 0 Å². The first-order valence-corrected chi connectivity index (χ1v) is 6.97. The van der Waals surface area contributed by atoms with Gasteiger partial charge in [-0.1, -0.05) is 0 Å². The number of hydrogen-bond acceptors (Lipinski definition) is 4. The molecule has 23 heavy (non-hydrogen) atoms. The van der Waals surface area contributed by atoms with Gasteiger partial charge in [0.1, 0.15) is 0 Å². The first kappa shape index (κ1) is 14.8. The Bertz CT molecular complexity index is 1010. The number of aryl methyl sites for hydroxylation is 2. The van der Waals surface area contributed by atoms with Crippen molar-refractivity contribution < 1.29 is 4.79 Å². The second-order valence-corrected chi connectivity index (χ2v) is 5.27. The summed E-state index contributed by atoms with van der Waals surface area (Å²) in [6.07, 6.45) is 1.52. The lowest BCUT2D eigenvalue weighted by Gasteiger charge is -2.05. The number of amides is 1. The lowest BCUT2D eigenvalue weighted by atomic mass is 10.2. The topological polar surface area (TPSA) is 101 Å². The molecule has 0 radical (unpaired) electrons. The number of nitrogens with zero attached hydrogens (tertiary/aromatic N) is 3. The number of H-pyrrole nitrogens is 1. The molecule has 2 N–H and O–H groups in total. The molecule has 0 aromatic carbocycles. The summed E-state index contributed by atoms with van der Waals surface area (Å²) in [4.78, 5) is 39.8. The fourth-order valence-corrected chi connectivity index (χ4v) is 2.21. The highest BCUT2D eigenvalue weighted by molar-refractivity contribution is 5.93. The Morgan fingerprint density at radius 1 is 1.26 bits per heavy atom. The first-order chi connectivity index (χ1) is 10.9. The maximum Gasteiger partial charge on any atom is 0.272 e. The minimum atomic E-state index is -0.394. The number of aromatic nitrogens is 4. The number of hydrogen-bond donors (Lipinski definition) is 2. The van der Waals surface area contributed by atoms with Gasteiger partial charge in [-0.05, 0) is 13.0 Å². The van der Waals surface area contributed by atoms with Gasteiger partial charge in [0.2, 0.25) is 0 Å². The molecule has 0 saturated carbocycles. The Hall–Kier alpha value is -3.16. The monoisotopic (exact) mass is 313 g/mol. The first-order valence-electron chi connectivity index (χ1n) is 6.97. The third-order valence-corrected chi connectivity index (χ3v) is 3.43. The fraction of sp³-hybridized carbons (Fsp3) is 0.200. The average molecular weight is 313 g/mol. The predicted octanol–water partition coefficient (Wildman–Crippen LogP) is -0.0403. The van der Waals surface area contributed by atoms with Crippen LogP contribution in [0.1, 0.15) is 21.7 Å². The van der Waals surface area contributed by atoms with E-state index in [0.717, 1.165) is 5.69 Å². The van der Waals surface area contributed by atoms with Crippen LogP contribution in [0.25, 0.3) is 5.65 Å². The Balaban J connectivity index is 1.80. The lowest BCUT2D eigenvalue weighted by molar-refractivity contribution is 0.0950. The fourth-order valence-electron chi connectivity index (χ4n) is 2.21. The zero-order chi connectivity index (χ0) is 16.6. The highest BCUT2D eigenvalue weighted by Crippen LogP contribution is 2.02. The SMILES string of the molecule is Cc1cc2nc(CNC(=O)c3ccn(C)c(=O)c3)cc(=O)n2[nH]1. The van der Waals surface area contributed by atoms with Crippen LogP contribution in [0.3, 0.4) is 0 Å². The van der Waals surface area contributed by atoms with Crippen molar-refractivity contribution >= 4 is 11.6 Å². The Labute approximate surface area is 130 Å². The van der Waals surface area contributed by atoms with E-state index in [9.17, 15) is 14.4 Å². The van der Waals surface area contributed by atoms with Gasteiger partial charge in [-0.25, -0.2) is 9.50 Å². The zero-order valence-electron chi connectivity index (χ0n) is 12.7. The predicted molar refractivity (Wildman–Crippen MR) is 83.4 cm³/mol. The molecule has 0 unspecified atom stereocenters. The van der Waals surface area contributed by atoms with Crippen molar-refractivity contribution in [2.45, 2.75) is 13.5 Å². The van der Waals surface area contributed by atoms with Crippen molar-refractivity contribution in [3.63, 3.8) is 0 Å². The van der Waals surface area contributed by atoms with Crippen LogP contribution in [0.4, 0.5) is 0 Å². The van der Waals surface area contributed by atoms with Crippen molar-refractivity contribution in [2.75, 3.05) is 0 Å². The largest absolute Gasteiger partial charge is 0.346 e. The smallest absolute Gasteiger partial charge is 0.272 e. The Morgan fingerprint density at radius 3 is 2.78 bits per heavy atom. The van der Waals surface area contributed by atoms with E-state index in [4.69, 9.17) is 0 Å². The Morgan fingerprint density at radius 2 is 2.04 bits per heavy atom. The number of carbonyl (C=O) groups is 1. The van der Waals surface area contributed by atoms with Gasteiger partial charge in [0.25, 0.3) is 17.0 Å². The van der Waals surface area contributed by atoms with Gasteiger partial charge < -0.3 is 9.88 Å². The molecule has 0 saturated heterocycles. The number of aromatic amines is 1. The van der Waals surface area contributed by atoms with Crippen LogP contribution in [0.2, 0.25) is 0 Å². The van der Waals surface area contributed by atoms with E-state index in [1.807, 2.05) is 6.92 Å². The molecule has 118 valence electrons. The molecule has 8 nitrogen and oxygen atoms in total. The molecule has 0 fully saturated rings. The molecule has 8 heteroatoms. The van der Waals surface area contributed by atoms with Crippen LogP contribution < -0.4 is 16.4 Å². The molecule has 3 aromatic rings. The molecule has 0 spiro atoms. The number of rotatable bonds is 3. The van der Waals surface area contributed by atoms with Gasteiger partial charge in [-0.15, -0.1) is 0 Å². The van der Waals surface area contributed by atoms with E-state index in [-0.39, 0.29) is 23.2 Å². The van der Waals surface area contributed by atoms with E-state index in [1.54, 1.807) is 19.2 Å². The van der Waals surface area contributed by atoms with Gasteiger partial charge >= 0.3 is 0 Å². The second-order valence-electron chi connectivity index (χ2n) is 5.27. The molecular formula is C15H15N5O3. The molecule has 0 aliphatic carbocycles. The van der Waals surface area contributed by atoms with Gasteiger partial charge in [0.15, 0.2) is 5.65 Å². The minimum absolute atomic E-state index is 0.101. The third kappa shape index (κ3) is 2.91. The number of fused-ring (bicyclic) bond motifs is 1. The van der Waals surface area contributed by atoms with Crippen LogP contribution in [0, 0.1) is 6.92 Å². The van der Waals surface area contributed by atoms with E-state index in [2.05, 4.69) is 15.4 Å². The Kier molecular flexibility index (Phi) is 3.57. The standard InChI is InChI=1S/C15H15N5O3/c1-9-5-12-17-11(7-14(22)20(12)18-9)8-16-15(23)10-3-4-19(2)13(21)6-10/h3-7,18H,8H2,1-2H3,(H,16,23). The van der Waals surface area contributed by atoms with Crippen LogP contribution in [0.15, 0.2) is 40.1 Å². The maximum absolute atomic E-state index is 12.1. The molecular weight excluding hydrogens is 298 g/mol. The molecule has 0 aliphatic heterocycles. The van der Waals surface area contributed by atoms with Crippen molar-refractivity contribution in [3.8, 4) is 0 Å². The maximum atomic E-state index is 12.1. The number of pyridine rings is 1. The summed E-state index contributed by atoms with van der Waals surface area (Å²) in [5.74, 6) is -0.394. The second kappa shape index (κ2) is 5.56. The van der Waals surface area contributed by atoms with Gasteiger partial charge in [-0.2, -0.15) is 0 Å². The van der Waals surface area contributed by atoms with E-state index < -0.39 is 5.91 Å². The van der Waals surface area contributed by atoms with Crippen molar-refractivity contribution in [3.05, 3.63) is 68.1 Å². The quantitative estimate of drug-likeness (QED) is 0.708. The molecule has 3 aromatic heterocycles.